The second-order valence-corrected chi connectivity index (χ2v) is 6.07. The second kappa shape index (κ2) is 18.6. The maximum Gasteiger partial charge on any atom is 0.485 e. The van der Waals surface area contributed by atoms with E-state index in [1.165, 1.54) is 49.0 Å². The minimum absolute atomic E-state index is 0. The van der Waals surface area contributed by atoms with Gasteiger partial charge in [-0.3, -0.25) is 0 Å². The van der Waals surface area contributed by atoms with Crippen LogP contribution in [0.4, 0.5) is 13.2 Å². The number of rotatable bonds is 0. The van der Waals surface area contributed by atoms with Crippen LogP contribution < -0.4 is 0 Å². The topological polar surface area (TPSA) is 129 Å². The molecule has 0 atom stereocenters. The third-order valence-corrected chi connectivity index (χ3v) is 3.66. The fourth-order valence-corrected chi connectivity index (χ4v) is 1.41. The molecule has 161 valence electrons. The molecule has 0 aromatic heterocycles. The number of alkyl halides is 3. The summed E-state index contributed by atoms with van der Waals surface area (Å²) in [6.45, 7) is 15.3. The first-order valence-corrected chi connectivity index (χ1v) is 8.60. The molecular formula is C17H24F3N3O3RuS-. The average Bonchev–Trinajstić information content (AvgIpc) is 2.66. The summed E-state index contributed by atoms with van der Waals surface area (Å²) >= 11 is 0. The van der Waals surface area contributed by atoms with E-state index < -0.39 is 15.6 Å². The van der Waals surface area contributed by atoms with E-state index in [1.54, 1.807) is 18.2 Å². The molecule has 0 spiro atoms. The van der Waals surface area contributed by atoms with E-state index in [4.69, 9.17) is 28.8 Å². The minimum atomic E-state index is -6.09. The molecule has 0 amide bonds. The number of hydrogen-bond donors (Lipinski definition) is 0. The van der Waals surface area contributed by atoms with Gasteiger partial charge in [-0.25, -0.2) is 8.42 Å². The van der Waals surface area contributed by atoms with Crippen molar-refractivity contribution in [2.75, 3.05) is 0 Å². The van der Waals surface area contributed by atoms with Gasteiger partial charge in [0.2, 0.25) is 0 Å². The van der Waals surface area contributed by atoms with Crippen molar-refractivity contribution in [2.24, 2.45) is 0 Å². The van der Waals surface area contributed by atoms with Crippen LogP contribution in [-0.2, 0) is 29.6 Å². The zero-order valence-corrected chi connectivity index (χ0v) is 19.5. The van der Waals surface area contributed by atoms with E-state index in [9.17, 15) is 13.2 Å². The molecule has 0 saturated carbocycles. The first kappa shape index (κ1) is 37.1. The van der Waals surface area contributed by atoms with Crippen LogP contribution in [0, 0.1) is 39.9 Å². The van der Waals surface area contributed by atoms with Crippen molar-refractivity contribution < 1.29 is 45.6 Å². The summed E-state index contributed by atoms with van der Waals surface area (Å²) in [5, 5.41) is 22.0. The fourth-order valence-electron chi connectivity index (χ4n) is 1.41. The van der Waals surface area contributed by atoms with Crippen LogP contribution in [0.1, 0.15) is 55.4 Å². The Labute approximate surface area is 178 Å². The molecule has 0 saturated heterocycles. The molecule has 6 nitrogen and oxygen atoms in total. The molecule has 0 fully saturated rings. The molecule has 1 rings (SSSR count). The summed E-state index contributed by atoms with van der Waals surface area (Å²) < 4.78 is 58.9. The molecule has 1 aliphatic carbocycles. The standard InChI is InChI=1S/C10H15.3C2H3N.CHF3O3S.Ru/c1-6-7(2)9(4)10(5)8(6)3;3*1-2-3;2-1(3,4)8(5,6)7;/h1-5H3;3*1H3;(H,5,6,7);/p-1. The largest absolute Gasteiger partial charge is 0.741 e. The summed E-state index contributed by atoms with van der Waals surface area (Å²) in [6.07, 6.45) is 0. The molecule has 0 aromatic rings. The predicted octanol–water partition coefficient (Wildman–Crippen LogP) is 4.91. The molecular weight excluding hydrogens is 484 g/mol. The van der Waals surface area contributed by atoms with Gasteiger partial charge in [0, 0.05) is 46.2 Å². The number of halogens is 3. The van der Waals surface area contributed by atoms with Crippen LogP contribution >= 0.6 is 0 Å². The Morgan fingerprint density at radius 1 is 0.750 bits per heavy atom. The molecule has 11 heteroatoms. The second-order valence-electron chi connectivity index (χ2n) is 4.70. The van der Waals surface area contributed by atoms with E-state index >= 15 is 0 Å². The normalized spacial score (nSPS) is 12.5. The van der Waals surface area contributed by atoms with Gasteiger partial charge in [0.25, 0.3) is 0 Å². The quantitative estimate of drug-likeness (QED) is 0.260. The van der Waals surface area contributed by atoms with Gasteiger partial charge in [-0.1, -0.05) is 18.1 Å². The zero-order chi connectivity index (χ0) is 23.0. The molecule has 0 N–H and O–H groups in total. The molecule has 0 heterocycles. The first-order chi connectivity index (χ1) is 12.0. The van der Waals surface area contributed by atoms with Crippen LogP contribution in [0.15, 0.2) is 22.3 Å². The molecule has 1 radical (unpaired) electrons. The van der Waals surface area contributed by atoms with Crippen molar-refractivity contribution in [3.05, 3.63) is 28.2 Å². The predicted molar refractivity (Wildman–Crippen MR) is 95.3 cm³/mol. The van der Waals surface area contributed by atoms with E-state index in [1.807, 2.05) is 0 Å². The van der Waals surface area contributed by atoms with Gasteiger partial charge in [0.05, 0.1) is 18.2 Å². The van der Waals surface area contributed by atoms with Gasteiger partial charge in [0.15, 0.2) is 10.1 Å². The van der Waals surface area contributed by atoms with Crippen LogP contribution in [0.25, 0.3) is 0 Å². The Morgan fingerprint density at radius 3 is 0.929 bits per heavy atom. The van der Waals surface area contributed by atoms with E-state index in [0.29, 0.717) is 0 Å². The van der Waals surface area contributed by atoms with Crippen LogP contribution in [0.5, 0.6) is 0 Å². The molecule has 0 unspecified atom stereocenters. The third-order valence-electron chi connectivity index (χ3n) is 3.10. The van der Waals surface area contributed by atoms with Gasteiger partial charge in [0.1, 0.15) is 0 Å². The summed E-state index contributed by atoms with van der Waals surface area (Å²) in [5.74, 6) is 1.47. The van der Waals surface area contributed by atoms with Gasteiger partial charge >= 0.3 is 5.51 Å². The van der Waals surface area contributed by atoms with Crippen molar-refractivity contribution in [1.29, 1.82) is 15.8 Å². The van der Waals surface area contributed by atoms with Gasteiger partial charge < -0.3 is 4.55 Å². The van der Waals surface area contributed by atoms with Crippen molar-refractivity contribution in [2.45, 2.75) is 60.9 Å². The molecule has 0 aliphatic heterocycles. The maximum absolute atomic E-state index is 10.7. The van der Waals surface area contributed by atoms with Crippen LogP contribution in [0.2, 0.25) is 0 Å². The summed E-state index contributed by atoms with van der Waals surface area (Å²) in [4.78, 5) is 0. The summed E-state index contributed by atoms with van der Waals surface area (Å²) in [5.41, 5.74) is 0.225. The van der Waals surface area contributed by atoms with Crippen LogP contribution in [-0.4, -0.2) is 18.5 Å². The Bertz CT molecular complexity index is 686. The number of nitrogens with zero attached hydrogens (tertiary/aromatic N) is 3. The SMILES string of the molecule is CC#N.CC#N.CC#N.C[C]1C(C)=C(C)C(C)=C1C.O=S(=O)([O-])C(F)(F)F.[Ru]. The summed E-state index contributed by atoms with van der Waals surface area (Å²) in [6, 6.07) is 5.25. The monoisotopic (exact) mass is 509 g/mol. The van der Waals surface area contributed by atoms with Crippen LogP contribution in [0.3, 0.4) is 0 Å². The van der Waals surface area contributed by atoms with E-state index in [0.717, 1.165) is 0 Å². The minimum Gasteiger partial charge on any atom is -0.741 e. The molecule has 28 heavy (non-hydrogen) atoms. The van der Waals surface area contributed by atoms with Gasteiger partial charge in [-0.05, 0) is 38.8 Å². The number of allylic oxidation sites excluding steroid dienone is 4. The Hall–Kier alpha value is -1.73. The molecule has 1 aliphatic rings. The molecule has 0 aromatic carbocycles. The zero-order valence-electron chi connectivity index (χ0n) is 17.0. The molecule has 0 bridgehead atoms. The summed E-state index contributed by atoms with van der Waals surface area (Å²) in [7, 11) is -6.09. The Morgan fingerprint density at radius 2 is 0.893 bits per heavy atom. The van der Waals surface area contributed by atoms with Crippen molar-refractivity contribution in [1.82, 2.24) is 0 Å². The Balaban J connectivity index is -0.0000000878. The van der Waals surface area contributed by atoms with Crippen molar-refractivity contribution >= 4 is 10.1 Å². The van der Waals surface area contributed by atoms with Gasteiger partial charge in [-0.2, -0.15) is 29.0 Å². The maximum atomic E-state index is 10.7. The number of nitriles is 3. The third kappa shape index (κ3) is 17.7. The van der Waals surface area contributed by atoms with Crippen molar-refractivity contribution in [3.8, 4) is 18.2 Å². The number of hydrogen-bond acceptors (Lipinski definition) is 6. The Kier molecular flexibility index (Phi) is 24.7. The van der Waals surface area contributed by atoms with E-state index in [-0.39, 0.29) is 19.5 Å². The van der Waals surface area contributed by atoms with Gasteiger partial charge in [-0.15, -0.1) is 0 Å². The smallest absolute Gasteiger partial charge is 0.485 e. The average molecular weight is 509 g/mol. The van der Waals surface area contributed by atoms with E-state index in [2.05, 4.69) is 34.6 Å². The first-order valence-electron chi connectivity index (χ1n) is 7.19. The van der Waals surface area contributed by atoms with Crippen molar-refractivity contribution in [3.63, 3.8) is 0 Å². The fraction of sp³-hybridized carbons (Fsp3) is 0.529.